The molecule has 0 N–H and O–H groups in total. The molecular weight excluding hydrogens is 316 g/mol. The summed E-state index contributed by atoms with van der Waals surface area (Å²) < 4.78 is 33.3. The second-order valence-electron chi connectivity index (χ2n) is 4.94. The number of hydrogen-bond acceptors (Lipinski definition) is 5. The number of esters is 1. The van der Waals surface area contributed by atoms with Gasteiger partial charge in [-0.25, -0.2) is 8.42 Å². The number of hydrogen-bond donors (Lipinski definition) is 0. The maximum Gasteiger partial charge on any atom is 0.312 e. The highest BCUT2D eigenvalue weighted by Gasteiger charge is 2.28. The first-order valence-electron chi connectivity index (χ1n) is 6.79. The van der Waals surface area contributed by atoms with Crippen molar-refractivity contribution in [1.82, 2.24) is 0 Å². The molecule has 0 fully saturated rings. The van der Waals surface area contributed by atoms with Crippen LogP contribution in [0.5, 0.6) is 5.75 Å². The SMILES string of the molecule is CCCCOC(=O)C1COc2ccc(S(=O)(=O)Cl)cc2C1. The highest BCUT2D eigenvalue weighted by Crippen LogP contribution is 2.31. The van der Waals surface area contributed by atoms with Gasteiger partial charge in [0, 0.05) is 10.7 Å². The zero-order valence-corrected chi connectivity index (χ0v) is 13.2. The van der Waals surface area contributed by atoms with Gasteiger partial charge in [-0.3, -0.25) is 4.79 Å². The lowest BCUT2D eigenvalue weighted by molar-refractivity contribution is -0.150. The van der Waals surface area contributed by atoms with Crippen molar-refractivity contribution in [2.75, 3.05) is 13.2 Å². The molecule has 1 aromatic carbocycles. The molecule has 0 spiro atoms. The molecule has 1 unspecified atom stereocenters. The maximum absolute atomic E-state index is 11.9. The minimum absolute atomic E-state index is 0.00603. The summed E-state index contributed by atoms with van der Waals surface area (Å²) in [4.78, 5) is 11.9. The Morgan fingerprint density at radius 3 is 2.90 bits per heavy atom. The molecular formula is C14H17ClO5S. The van der Waals surface area contributed by atoms with Crippen molar-refractivity contribution < 1.29 is 22.7 Å². The molecule has 0 bridgehead atoms. The normalized spacial score (nSPS) is 17.7. The molecule has 1 aromatic rings. The van der Waals surface area contributed by atoms with Crippen LogP contribution in [0.2, 0.25) is 0 Å². The van der Waals surface area contributed by atoms with E-state index in [-0.39, 0.29) is 17.5 Å². The van der Waals surface area contributed by atoms with Crippen LogP contribution in [0.15, 0.2) is 23.1 Å². The first-order chi connectivity index (χ1) is 9.91. The minimum atomic E-state index is -3.79. The molecule has 0 aliphatic carbocycles. The van der Waals surface area contributed by atoms with Crippen molar-refractivity contribution in [2.45, 2.75) is 31.1 Å². The molecule has 1 aliphatic heterocycles. The van der Waals surface area contributed by atoms with Crippen molar-refractivity contribution >= 4 is 25.7 Å². The van der Waals surface area contributed by atoms with Gasteiger partial charge in [0.25, 0.3) is 9.05 Å². The molecule has 0 radical (unpaired) electrons. The van der Waals surface area contributed by atoms with Crippen LogP contribution < -0.4 is 4.74 Å². The smallest absolute Gasteiger partial charge is 0.312 e. The Morgan fingerprint density at radius 2 is 2.24 bits per heavy atom. The Hall–Kier alpha value is -1.27. The summed E-state index contributed by atoms with van der Waals surface area (Å²) in [7, 11) is 1.53. The maximum atomic E-state index is 11.9. The third-order valence-electron chi connectivity index (χ3n) is 3.30. The van der Waals surface area contributed by atoms with Gasteiger partial charge in [0.15, 0.2) is 0 Å². The van der Waals surface area contributed by atoms with Crippen molar-refractivity contribution in [1.29, 1.82) is 0 Å². The lowest BCUT2D eigenvalue weighted by atomic mass is 9.97. The molecule has 0 saturated carbocycles. The molecule has 0 amide bonds. The molecule has 116 valence electrons. The number of unbranched alkanes of at least 4 members (excludes halogenated alkanes) is 1. The van der Waals surface area contributed by atoms with E-state index in [9.17, 15) is 13.2 Å². The number of halogens is 1. The van der Waals surface area contributed by atoms with Gasteiger partial charge in [-0.05, 0) is 36.6 Å². The van der Waals surface area contributed by atoms with E-state index >= 15 is 0 Å². The van der Waals surface area contributed by atoms with Gasteiger partial charge in [0.05, 0.1) is 17.4 Å². The van der Waals surface area contributed by atoms with E-state index in [0.717, 1.165) is 12.8 Å². The Bertz CT molecular complexity index is 626. The second kappa shape index (κ2) is 6.66. The molecule has 7 heteroatoms. The van der Waals surface area contributed by atoms with Crippen LogP contribution >= 0.6 is 10.7 Å². The highest BCUT2D eigenvalue weighted by atomic mass is 35.7. The van der Waals surface area contributed by atoms with Crippen LogP contribution in [0, 0.1) is 5.92 Å². The first kappa shape index (κ1) is 16.1. The van der Waals surface area contributed by atoms with E-state index in [1.165, 1.54) is 12.1 Å². The summed E-state index contributed by atoms with van der Waals surface area (Å²) >= 11 is 0. The van der Waals surface area contributed by atoms with Crippen molar-refractivity contribution in [3.05, 3.63) is 23.8 Å². The van der Waals surface area contributed by atoms with Crippen molar-refractivity contribution in [2.24, 2.45) is 5.92 Å². The van der Waals surface area contributed by atoms with Crippen LogP contribution in [0.4, 0.5) is 0 Å². The molecule has 1 atom stereocenters. The summed E-state index contributed by atoms with van der Waals surface area (Å²) in [5.74, 6) is -0.146. The molecule has 0 saturated heterocycles. The summed E-state index contributed by atoms with van der Waals surface area (Å²) in [6.07, 6.45) is 2.17. The van der Waals surface area contributed by atoms with Crippen LogP contribution in [-0.4, -0.2) is 27.6 Å². The van der Waals surface area contributed by atoms with E-state index in [2.05, 4.69) is 0 Å². The number of carbonyl (C=O) groups is 1. The molecule has 2 rings (SSSR count). The Kier molecular flexibility index (Phi) is 5.11. The molecule has 1 aliphatic rings. The Morgan fingerprint density at radius 1 is 1.48 bits per heavy atom. The second-order valence-corrected chi connectivity index (χ2v) is 7.51. The van der Waals surface area contributed by atoms with Gasteiger partial charge in [0.1, 0.15) is 12.4 Å². The summed E-state index contributed by atoms with van der Waals surface area (Å²) in [5.41, 5.74) is 0.653. The van der Waals surface area contributed by atoms with Gasteiger partial charge in [0.2, 0.25) is 0 Å². The number of ether oxygens (including phenoxy) is 2. The number of fused-ring (bicyclic) bond motifs is 1. The first-order valence-corrected chi connectivity index (χ1v) is 9.09. The molecule has 21 heavy (non-hydrogen) atoms. The molecule has 1 heterocycles. The fraction of sp³-hybridized carbons (Fsp3) is 0.500. The van der Waals surface area contributed by atoms with E-state index < -0.39 is 15.0 Å². The lowest BCUT2D eigenvalue weighted by Gasteiger charge is -2.24. The predicted molar refractivity (Wildman–Crippen MR) is 78.0 cm³/mol. The van der Waals surface area contributed by atoms with Gasteiger partial charge in [-0.2, -0.15) is 0 Å². The van der Waals surface area contributed by atoms with Gasteiger partial charge in [-0.15, -0.1) is 0 Å². The number of benzene rings is 1. The van der Waals surface area contributed by atoms with Gasteiger partial charge >= 0.3 is 5.97 Å². The highest BCUT2D eigenvalue weighted by molar-refractivity contribution is 8.13. The standard InChI is InChI=1S/C14H17ClO5S/c1-2-3-6-19-14(16)11-7-10-8-12(21(15,17)18)4-5-13(10)20-9-11/h4-5,8,11H,2-3,6-7,9H2,1H3. The largest absolute Gasteiger partial charge is 0.492 e. The summed E-state index contributed by atoms with van der Waals surface area (Å²) in [6.45, 7) is 2.65. The van der Waals surface area contributed by atoms with Crippen LogP contribution in [0.25, 0.3) is 0 Å². The monoisotopic (exact) mass is 332 g/mol. The number of rotatable bonds is 5. The summed E-state index contributed by atoms with van der Waals surface area (Å²) in [6, 6.07) is 4.40. The van der Waals surface area contributed by atoms with E-state index in [0.29, 0.717) is 24.3 Å². The van der Waals surface area contributed by atoms with Gasteiger partial charge in [-0.1, -0.05) is 13.3 Å². The fourth-order valence-corrected chi connectivity index (χ4v) is 2.91. The van der Waals surface area contributed by atoms with Crippen LogP contribution in [0.1, 0.15) is 25.3 Å². The van der Waals surface area contributed by atoms with Crippen molar-refractivity contribution in [3.63, 3.8) is 0 Å². The Labute approximate surface area is 128 Å². The predicted octanol–water partition coefficient (Wildman–Crippen LogP) is 2.51. The zero-order valence-electron chi connectivity index (χ0n) is 11.7. The van der Waals surface area contributed by atoms with Gasteiger partial charge < -0.3 is 9.47 Å². The quantitative estimate of drug-likeness (QED) is 0.471. The van der Waals surface area contributed by atoms with Crippen LogP contribution in [-0.2, 0) is 25.0 Å². The van der Waals surface area contributed by atoms with E-state index in [1.807, 2.05) is 6.92 Å². The Balaban J connectivity index is 2.10. The zero-order chi connectivity index (χ0) is 15.5. The average molecular weight is 333 g/mol. The average Bonchev–Trinajstić information content (AvgIpc) is 2.45. The number of carbonyl (C=O) groups excluding carboxylic acids is 1. The lowest BCUT2D eigenvalue weighted by Crippen LogP contribution is -2.30. The van der Waals surface area contributed by atoms with Crippen molar-refractivity contribution in [3.8, 4) is 5.75 Å². The van der Waals surface area contributed by atoms with E-state index in [1.54, 1.807) is 6.07 Å². The molecule has 5 nitrogen and oxygen atoms in total. The fourth-order valence-electron chi connectivity index (χ4n) is 2.11. The summed E-state index contributed by atoms with van der Waals surface area (Å²) in [5, 5.41) is 0. The topological polar surface area (TPSA) is 69.7 Å². The van der Waals surface area contributed by atoms with E-state index in [4.69, 9.17) is 20.2 Å². The molecule has 0 aromatic heterocycles. The third kappa shape index (κ3) is 4.11. The third-order valence-corrected chi connectivity index (χ3v) is 4.65. The minimum Gasteiger partial charge on any atom is -0.492 e. The van der Waals surface area contributed by atoms with Crippen LogP contribution in [0.3, 0.4) is 0 Å².